The second kappa shape index (κ2) is 5.86. The normalized spacial score (nSPS) is 19.6. The van der Waals surface area contributed by atoms with Crippen molar-refractivity contribution in [2.24, 2.45) is 5.92 Å². The second-order valence-electron chi connectivity index (χ2n) is 6.10. The Kier molecular flexibility index (Phi) is 3.68. The maximum atomic E-state index is 11.6. The molecule has 124 valence electrons. The molecule has 1 saturated heterocycles. The number of hydrogen-bond acceptors (Lipinski definition) is 5. The molecule has 24 heavy (non-hydrogen) atoms. The molecule has 1 aliphatic rings. The fourth-order valence-corrected chi connectivity index (χ4v) is 4.88. The molecule has 0 amide bonds. The topological polar surface area (TPSA) is 82.7 Å². The van der Waals surface area contributed by atoms with Crippen molar-refractivity contribution in [1.82, 2.24) is 24.8 Å². The van der Waals surface area contributed by atoms with Gasteiger partial charge in [0.05, 0.1) is 23.4 Å². The smallest absolute Gasteiger partial charge is 0.150 e. The van der Waals surface area contributed by atoms with E-state index in [-0.39, 0.29) is 17.4 Å². The van der Waals surface area contributed by atoms with E-state index in [1.165, 1.54) is 0 Å². The lowest BCUT2D eigenvalue weighted by Crippen LogP contribution is -2.12. The molecular formula is C16H17N5O2S. The van der Waals surface area contributed by atoms with E-state index in [1.807, 2.05) is 42.7 Å². The molecule has 3 heterocycles. The molecule has 3 aromatic rings. The Morgan fingerprint density at radius 2 is 2.17 bits per heavy atom. The zero-order valence-corrected chi connectivity index (χ0v) is 13.8. The highest BCUT2D eigenvalue weighted by Gasteiger charge is 2.28. The first-order chi connectivity index (χ1) is 11.6. The Hall–Kier alpha value is -2.48. The van der Waals surface area contributed by atoms with Gasteiger partial charge in [0.15, 0.2) is 9.84 Å². The molecule has 4 rings (SSSR count). The largest absolute Gasteiger partial charge is 0.252 e. The highest BCUT2D eigenvalue weighted by atomic mass is 32.2. The summed E-state index contributed by atoms with van der Waals surface area (Å²) in [7, 11) is -2.86. The van der Waals surface area contributed by atoms with Crippen molar-refractivity contribution in [1.29, 1.82) is 0 Å². The second-order valence-corrected chi connectivity index (χ2v) is 8.32. The van der Waals surface area contributed by atoms with E-state index in [9.17, 15) is 8.42 Å². The summed E-state index contributed by atoms with van der Waals surface area (Å²) in [5.41, 5.74) is 2.67. The minimum atomic E-state index is -2.86. The summed E-state index contributed by atoms with van der Waals surface area (Å²) in [6.07, 6.45) is 6.19. The standard InChI is InChI=1S/C16H17N5O2S/c22-24(23)8-5-13(12-24)10-20-11-16(18-19-20)14-3-1-4-15(9-14)21-7-2-6-17-21/h1-4,6-7,9,11,13H,5,8,10,12H2/t13-/m1/s1. The average Bonchev–Trinajstić information content (AvgIpc) is 3.29. The molecule has 0 aliphatic carbocycles. The van der Waals surface area contributed by atoms with Gasteiger partial charge in [-0.15, -0.1) is 5.10 Å². The average molecular weight is 343 g/mol. The number of aromatic nitrogens is 5. The van der Waals surface area contributed by atoms with Crippen LogP contribution in [0.1, 0.15) is 6.42 Å². The number of sulfone groups is 1. The minimum Gasteiger partial charge on any atom is -0.252 e. The third-order valence-corrected chi connectivity index (χ3v) is 6.06. The fraction of sp³-hybridized carbons (Fsp3) is 0.312. The molecule has 0 radical (unpaired) electrons. The van der Waals surface area contributed by atoms with Crippen molar-refractivity contribution >= 4 is 9.84 Å². The van der Waals surface area contributed by atoms with E-state index in [2.05, 4.69) is 15.4 Å². The third kappa shape index (κ3) is 3.09. The van der Waals surface area contributed by atoms with Gasteiger partial charge in [-0.05, 0) is 30.5 Å². The first-order valence-electron chi connectivity index (χ1n) is 7.80. The van der Waals surface area contributed by atoms with Crippen molar-refractivity contribution in [2.75, 3.05) is 11.5 Å². The van der Waals surface area contributed by atoms with Crippen LogP contribution < -0.4 is 0 Å². The summed E-state index contributed by atoms with van der Waals surface area (Å²) in [6, 6.07) is 9.78. The van der Waals surface area contributed by atoms with Gasteiger partial charge in [0, 0.05) is 24.5 Å². The van der Waals surface area contributed by atoms with Crippen LogP contribution in [0.5, 0.6) is 0 Å². The number of nitrogens with zero attached hydrogens (tertiary/aromatic N) is 5. The lowest BCUT2D eigenvalue weighted by Gasteiger charge is -2.06. The zero-order valence-electron chi connectivity index (χ0n) is 13.0. The Bertz CT molecular complexity index is 947. The van der Waals surface area contributed by atoms with E-state index in [0.717, 1.165) is 16.9 Å². The van der Waals surface area contributed by atoms with E-state index in [4.69, 9.17) is 0 Å². The van der Waals surface area contributed by atoms with Gasteiger partial charge < -0.3 is 0 Å². The monoisotopic (exact) mass is 343 g/mol. The number of benzene rings is 1. The molecule has 0 N–H and O–H groups in total. The summed E-state index contributed by atoms with van der Waals surface area (Å²) >= 11 is 0. The summed E-state index contributed by atoms with van der Waals surface area (Å²) in [4.78, 5) is 0. The molecule has 1 aliphatic heterocycles. The summed E-state index contributed by atoms with van der Waals surface area (Å²) in [6.45, 7) is 0.588. The van der Waals surface area contributed by atoms with Gasteiger partial charge in [-0.1, -0.05) is 17.3 Å². The van der Waals surface area contributed by atoms with Gasteiger partial charge in [0.2, 0.25) is 0 Å². The fourth-order valence-electron chi connectivity index (χ4n) is 3.03. The van der Waals surface area contributed by atoms with E-state index >= 15 is 0 Å². The van der Waals surface area contributed by atoms with Crippen LogP contribution in [-0.2, 0) is 16.4 Å². The molecule has 1 aromatic carbocycles. The lowest BCUT2D eigenvalue weighted by molar-refractivity contribution is 0.448. The van der Waals surface area contributed by atoms with Crippen LogP contribution >= 0.6 is 0 Å². The van der Waals surface area contributed by atoms with Gasteiger partial charge in [-0.3, -0.25) is 4.68 Å². The highest BCUT2D eigenvalue weighted by Crippen LogP contribution is 2.22. The molecule has 1 fully saturated rings. The maximum Gasteiger partial charge on any atom is 0.150 e. The van der Waals surface area contributed by atoms with Crippen LogP contribution in [0.3, 0.4) is 0 Å². The van der Waals surface area contributed by atoms with Crippen molar-refractivity contribution in [3.63, 3.8) is 0 Å². The summed E-state index contributed by atoms with van der Waals surface area (Å²) in [5.74, 6) is 0.655. The maximum absolute atomic E-state index is 11.6. The van der Waals surface area contributed by atoms with E-state index in [1.54, 1.807) is 15.6 Å². The van der Waals surface area contributed by atoms with Crippen molar-refractivity contribution in [3.8, 4) is 16.9 Å². The Balaban J connectivity index is 1.54. The predicted octanol–water partition coefficient (Wildman–Crippen LogP) is 1.57. The molecule has 7 nitrogen and oxygen atoms in total. The van der Waals surface area contributed by atoms with Gasteiger partial charge >= 0.3 is 0 Å². The van der Waals surface area contributed by atoms with E-state index in [0.29, 0.717) is 13.0 Å². The molecule has 0 bridgehead atoms. The minimum absolute atomic E-state index is 0.125. The number of hydrogen-bond donors (Lipinski definition) is 0. The predicted molar refractivity (Wildman–Crippen MR) is 89.3 cm³/mol. The molecule has 0 saturated carbocycles. The zero-order chi connectivity index (χ0) is 16.6. The Labute approximate surface area is 139 Å². The first-order valence-corrected chi connectivity index (χ1v) is 9.62. The SMILES string of the molecule is O=S1(=O)CC[C@H](Cn2cc(-c3cccc(-n4cccn4)c3)nn2)C1. The van der Waals surface area contributed by atoms with Crippen molar-refractivity contribution in [2.45, 2.75) is 13.0 Å². The van der Waals surface area contributed by atoms with E-state index < -0.39 is 9.84 Å². The molecule has 0 spiro atoms. The van der Waals surface area contributed by atoms with Crippen LogP contribution in [0.4, 0.5) is 0 Å². The highest BCUT2D eigenvalue weighted by molar-refractivity contribution is 7.91. The van der Waals surface area contributed by atoms with Crippen molar-refractivity contribution < 1.29 is 8.42 Å². The quantitative estimate of drug-likeness (QED) is 0.718. The van der Waals surface area contributed by atoms with Gasteiger partial charge in [-0.2, -0.15) is 5.10 Å². The lowest BCUT2D eigenvalue weighted by atomic mass is 10.1. The van der Waals surface area contributed by atoms with Gasteiger partial charge in [0.1, 0.15) is 5.69 Å². The Morgan fingerprint density at radius 1 is 1.25 bits per heavy atom. The molecular weight excluding hydrogens is 326 g/mol. The summed E-state index contributed by atoms with van der Waals surface area (Å²) in [5, 5.41) is 12.6. The van der Waals surface area contributed by atoms with Gasteiger partial charge in [-0.25, -0.2) is 13.1 Å². The third-order valence-electron chi connectivity index (χ3n) is 4.22. The van der Waals surface area contributed by atoms with Crippen LogP contribution in [0.25, 0.3) is 16.9 Å². The van der Waals surface area contributed by atoms with Gasteiger partial charge in [0.25, 0.3) is 0 Å². The first kappa shape index (κ1) is 15.1. The molecule has 2 aromatic heterocycles. The van der Waals surface area contributed by atoms with Crippen molar-refractivity contribution in [3.05, 3.63) is 48.9 Å². The van der Waals surface area contributed by atoms with Crippen LogP contribution in [0.2, 0.25) is 0 Å². The van der Waals surface area contributed by atoms with Crippen LogP contribution in [0.15, 0.2) is 48.9 Å². The van der Waals surface area contributed by atoms with Crippen LogP contribution in [0, 0.1) is 5.92 Å². The number of rotatable bonds is 4. The Morgan fingerprint density at radius 3 is 2.92 bits per heavy atom. The molecule has 8 heteroatoms. The summed E-state index contributed by atoms with van der Waals surface area (Å²) < 4.78 is 26.6. The molecule has 0 unspecified atom stereocenters. The van der Waals surface area contributed by atoms with Crippen LogP contribution in [-0.4, -0.2) is 44.7 Å². The molecule has 1 atom stereocenters.